The second-order valence-corrected chi connectivity index (χ2v) is 8.56. The molecule has 178 valence electrons. The summed E-state index contributed by atoms with van der Waals surface area (Å²) >= 11 is 0. The number of fused-ring (bicyclic) bond motifs is 2. The minimum atomic E-state index is -0.613. The van der Waals surface area contributed by atoms with Crippen molar-refractivity contribution < 1.29 is 23.7 Å². The first-order chi connectivity index (χ1) is 16.5. The van der Waals surface area contributed by atoms with Crippen molar-refractivity contribution in [2.75, 3.05) is 33.4 Å². The summed E-state index contributed by atoms with van der Waals surface area (Å²) in [6.45, 7) is 4.59. The van der Waals surface area contributed by atoms with Crippen LogP contribution in [0.4, 0.5) is 4.39 Å². The van der Waals surface area contributed by atoms with Crippen LogP contribution in [0.1, 0.15) is 18.5 Å². The van der Waals surface area contributed by atoms with Gasteiger partial charge in [0.2, 0.25) is 5.88 Å². The molecule has 2 aromatic heterocycles. The van der Waals surface area contributed by atoms with Gasteiger partial charge in [0, 0.05) is 29.2 Å². The minimum Gasteiger partial charge on any atom is -0.493 e. The smallest absolute Gasteiger partial charge is 0.230 e. The number of hydrogen-bond donors (Lipinski definition) is 2. The number of nitrogens with one attached hydrogen (secondary N) is 1. The molecule has 2 aromatic carbocycles. The van der Waals surface area contributed by atoms with Crippen LogP contribution in [0.3, 0.4) is 0 Å². The predicted octanol–water partition coefficient (Wildman–Crippen LogP) is 4.20. The number of aryl methyl sites for hydroxylation is 1. The molecule has 9 heteroatoms. The average Bonchev–Trinajstić information content (AvgIpc) is 3.48. The Hall–Kier alpha value is -3.43. The number of aromatic nitrogens is 3. The van der Waals surface area contributed by atoms with Gasteiger partial charge in [-0.3, -0.25) is 0 Å². The van der Waals surface area contributed by atoms with Gasteiger partial charge in [-0.05, 0) is 57.1 Å². The standard InChI is InChI=1S/C25H27FN4O4/c1-15-9-17-19(29-15)5-6-21(24(17)26)34-25-18-10-22(32-2)23(11-20(18)27-14-28-25)33-13-16(31)12-30-7-3-4-8-30/h5-6,9-11,14,16,29,31H,3-4,7-8,12-13H2,1-2H3. The number of nitrogens with zero attached hydrogens (tertiary/aromatic N) is 3. The highest BCUT2D eigenvalue weighted by Crippen LogP contribution is 2.37. The van der Waals surface area contributed by atoms with E-state index < -0.39 is 11.9 Å². The first-order valence-corrected chi connectivity index (χ1v) is 11.3. The third-order valence-corrected chi connectivity index (χ3v) is 6.03. The van der Waals surface area contributed by atoms with Crippen LogP contribution < -0.4 is 14.2 Å². The van der Waals surface area contributed by atoms with E-state index in [0.29, 0.717) is 39.8 Å². The molecule has 0 spiro atoms. The minimum absolute atomic E-state index is 0.0656. The number of β-amino-alcohol motifs (C(OH)–C–C–N with tert-alkyl or cyclic N) is 1. The Bertz CT molecular complexity index is 1320. The predicted molar refractivity (Wildman–Crippen MR) is 126 cm³/mol. The van der Waals surface area contributed by atoms with Crippen molar-refractivity contribution in [3.63, 3.8) is 0 Å². The summed E-state index contributed by atoms with van der Waals surface area (Å²) in [5, 5.41) is 11.4. The first-order valence-electron chi connectivity index (χ1n) is 11.3. The Balaban J connectivity index is 1.39. The van der Waals surface area contributed by atoms with Crippen LogP contribution in [0.25, 0.3) is 21.8 Å². The van der Waals surface area contributed by atoms with Crippen LogP contribution in [0.5, 0.6) is 23.1 Å². The molecule has 0 bridgehead atoms. The number of methoxy groups -OCH3 is 1. The lowest BCUT2D eigenvalue weighted by atomic mass is 10.2. The third-order valence-electron chi connectivity index (χ3n) is 6.03. The highest BCUT2D eigenvalue weighted by atomic mass is 19.1. The Morgan fingerprint density at radius 2 is 1.91 bits per heavy atom. The Labute approximate surface area is 196 Å². The molecule has 2 N–H and O–H groups in total. The number of halogens is 1. The van der Waals surface area contributed by atoms with Gasteiger partial charge < -0.3 is 29.2 Å². The van der Waals surface area contributed by atoms with Crippen LogP contribution >= 0.6 is 0 Å². The summed E-state index contributed by atoms with van der Waals surface area (Å²) in [5.41, 5.74) is 2.11. The number of ether oxygens (including phenoxy) is 3. The fraction of sp³-hybridized carbons (Fsp3) is 0.360. The molecule has 8 nitrogen and oxygen atoms in total. The van der Waals surface area contributed by atoms with E-state index in [4.69, 9.17) is 14.2 Å². The Morgan fingerprint density at radius 3 is 2.71 bits per heavy atom. The summed E-state index contributed by atoms with van der Waals surface area (Å²) in [6, 6.07) is 8.48. The number of hydrogen-bond acceptors (Lipinski definition) is 7. The number of aliphatic hydroxyl groups excluding tert-OH is 1. The maximum absolute atomic E-state index is 15.0. The fourth-order valence-electron chi connectivity index (χ4n) is 4.37. The topological polar surface area (TPSA) is 92.7 Å². The zero-order chi connectivity index (χ0) is 23.7. The maximum atomic E-state index is 15.0. The third kappa shape index (κ3) is 4.49. The monoisotopic (exact) mass is 466 g/mol. The fourth-order valence-corrected chi connectivity index (χ4v) is 4.37. The Morgan fingerprint density at radius 1 is 1.09 bits per heavy atom. The van der Waals surface area contributed by atoms with Crippen molar-refractivity contribution in [1.82, 2.24) is 19.9 Å². The molecule has 0 radical (unpaired) electrons. The molecule has 5 rings (SSSR count). The number of aromatic amines is 1. The summed E-state index contributed by atoms with van der Waals surface area (Å²) in [6.07, 6.45) is 3.07. The van der Waals surface area contributed by atoms with E-state index in [-0.39, 0.29) is 18.2 Å². The van der Waals surface area contributed by atoms with Crippen molar-refractivity contribution in [3.8, 4) is 23.1 Å². The van der Waals surface area contributed by atoms with Crippen LogP contribution in [0.15, 0.2) is 36.7 Å². The van der Waals surface area contributed by atoms with Crippen LogP contribution in [-0.2, 0) is 0 Å². The largest absolute Gasteiger partial charge is 0.493 e. The van der Waals surface area contributed by atoms with E-state index in [1.54, 1.807) is 30.3 Å². The lowest BCUT2D eigenvalue weighted by Gasteiger charge is -2.20. The molecule has 1 aliphatic heterocycles. The molecular formula is C25H27FN4O4. The second kappa shape index (κ2) is 9.44. The van der Waals surface area contributed by atoms with E-state index in [1.165, 1.54) is 26.3 Å². The zero-order valence-electron chi connectivity index (χ0n) is 19.2. The van der Waals surface area contributed by atoms with Crippen LogP contribution in [0.2, 0.25) is 0 Å². The van der Waals surface area contributed by atoms with E-state index in [0.717, 1.165) is 18.8 Å². The summed E-state index contributed by atoms with van der Waals surface area (Å²) in [7, 11) is 1.53. The van der Waals surface area contributed by atoms with Gasteiger partial charge in [0.25, 0.3) is 0 Å². The van der Waals surface area contributed by atoms with Gasteiger partial charge in [-0.15, -0.1) is 0 Å². The number of benzene rings is 2. The van der Waals surface area contributed by atoms with Crippen molar-refractivity contribution >= 4 is 21.8 Å². The van der Waals surface area contributed by atoms with Gasteiger partial charge in [-0.2, -0.15) is 0 Å². The van der Waals surface area contributed by atoms with Crippen LogP contribution in [0, 0.1) is 12.7 Å². The van der Waals surface area contributed by atoms with Gasteiger partial charge in [0.15, 0.2) is 23.1 Å². The van der Waals surface area contributed by atoms with Crippen LogP contribution in [-0.4, -0.2) is 64.4 Å². The molecule has 0 saturated carbocycles. The van der Waals surface area contributed by atoms with Crippen molar-refractivity contribution in [1.29, 1.82) is 0 Å². The summed E-state index contributed by atoms with van der Waals surface area (Å²) in [5.74, 6) is 0.700. The molecule has 0 amide bonds. The van der Waals surface area contributed by atoms with Crippen molar-refractivity contribution in [3.05, 3.63) is 48.2 Å². The van der Waals surface area contributed by atoms with E-state index in [9.17, 15) is 5.11 Å². The summed E-state index contributed by atoms with van der Waals surface area (Å²) < 4.78 is 32.3. The van der Waals surface area contributed by atoms with Gasteiger partial charge in [0.05, 0.1) is 18.0 Å². The molecular weight excluding hydrogens is 439 g/mol. The summed E-state index contributed by atoms with van der Waals surface area (Å²) in [4.78, 5) is 13.9. The molecule has 1 unspecified atom stereocenters. The van der Waals surface area contributed by atoms with Crippen molar-refractivity contribution in [2.45, 2.75) is 25.9 Å². The first kappa shape index (κ1) is 22.4. The molecule has 1 aliphatic rings. The van der Waals surface area contributed by atoms with E-state index in [1.807, 2.05) is 6.92 Å². The van der Waals surface area contributed by atoms with E-state index in [2.05, 4.69) is 19.9 Å². The molecule has 3 heterocycles. The highest BCUT2D eigenvalue weighted by Gasteiger charge is 2.19. The Kier molecular flexibility index (Phi) is 6.21. The molecule has 1 fully saturated rings. The molecule has 0 aliphatic carbocycles. The second-order valence-electron chi connectivity index (χ2n) is 8.56. The van der Waals surface area contributed by atoms with Gasteiger partial charge >= 0.3 is 0 Å². The number of aliphatic hydroxyl groups is 1. The lowest BCUT2D eigenvalue weighted by Crippen LogP contribution is -2.33. The molecule has 1 saturated heterocycles. The number of rotatable bonds is 8. The average molecular weight is 467 g/mol. The normalized spacial score (nSPS) is 15.2. The molecule has 4 aromatic rings. The molecule has 1 atom stereocenters. The maximum Gasteiger partial charge on any atom is 0.230 e. The highest BCUT2D eigenvalue weighted by molar-refractivity contribution is 5.87. The quantitative estimate of drug-likeness (QED) is 0.402. The zero-order valence-corrected chi connectivity index (χ0v) is 19.2. The lowest BCUT2D eigenvalue weighted by molar-refractivity contribution is 0.0747. The van der Waals surface area contributed by atoms with Gasteiger partial charge in [0.1, 0.15) is 19.0 Å². The van der Waals surface area contributed by atoms with Gasteiger partial charge in [-0.25, -0.2) is 14.4 Å². The van der Waals surface area contributed by atoms with Crippen molar-refractivity contribution in [2.24, 2.45) is 0 Å². The van der Waals surface area contributed by atoms with Gasteiger partial charge in [-0.1, -0.05) is 0 Å². The number of H-pyrrole nitrogens is 1. The number of likely N-dealkylation sites (tertiary alicyclic amines) is 1. The van der Waals surface area contributed by atoms with E-state index >= 15 is 4.39 Å². The molecule has 34 heavy (non-hydrogen) atoms. The SMILES string of the molecule is COc1cc2c(Oc3ccc4[nH]c(C)cc4c3F)ncnc2cc1OCC(O)CN1CCCC1.